The van der Waals surface area contributed by atoms with Crippen molar-refractivity contribution in [2.24, 2.45) is 10.2 Å². The van der Waals surface area contributed by atoms with E-state index < -0.39 is 0 Å². The van der Waals surface area contributed by atoms with Crippen LogP contribution in [-0.4, -0.2) is 50.2 Å². The van der Waals surface area contributed by atoms with Gasteiger partial charge in [-0.2, -0.15) is 20.8 Å². The number of azo groups is 1. The molecule has 0 radical (unpaired) electrons. The summed E-state index contributed by atoms with van der Waals surface area (Å²) >= 11 is 0. The summed E-state index contributed by atoms with van der Waals surface area (Å²) in [6, 6.07) is 19.0. The Morgan fingerprint density at radius 2 is 1.50 bits per heavy atom. The van der Waals surface area contributed by atoms with Gasteiger partial charge >= 0.3 is 5.97 Å². The van der Waals surface area contributed by atoms with E-state index in [1.54, 1.807) is 31.2 Å². The lowest BCUT2D eigenvalue weighted by atomic mass is 10.1. The van der Waals surface area contributed by atoms with Gasteiger partial charge in [0, 0.05) is 37.4 Å². The van der Waals surface area contributed by atoms with Crippen LogP contribution in [-0.2, 0) is 9.53 Å². The zero-order valence-corrected chi connectivity index (χ0v) is 22.0. The summed E-state index contributed by atoms with van der Waals surface area (Å²) in [6.07, 6.45) is 5.81. The molecule has 0 bridgehead atoms. The molecule has 8 nitrogen and oxygen atoms in total. The van der Waals surface area contributed by atoms with Gasteiger partial charge in [-0.1, -0.05) is 31.6 Å². The van der Waals surface area contributed by atoms with Crippen molar-refractivity contribution in [2.45, 2.75) is 32.6 Å². The van der Waals surface area contributed by atoms with Crippen LogP contribution in [0.5, 0.6) is 0 Å². The fourth-order valence-electron chi connectivity index (χ4n) is 4.05. The molecule has 0 unspecified atom stereocenters. The fraction of sp³-hybridized carbons (Fsp3) is 0.367. The number of rotatable bonds is 12. The number of anilines is 1. The van der Waals surface area contributed by atoms with E-state index in [1.807, 2.05) is 24.3 Å². The van der Waals surface area contributed by atoms with Gasteiger partial charge in [0.05, 0.1) is 18.0 Å². The number of allylic oxidation sites excluding steroid dienone is 1. The second-order valence-corrected chi connectivity index (χ2v) is 9.25. The summed E-state index contributed by atoms with van der Waals surface area (Å²) < 4.78 is 5.13. The standard InChI is InChI=1S/C30H34N6O2/c1-24(2)30(37)38-20-6-4-3-5-15-35-16-18-36(19-17-35)29-13-11-28(12-14-29)34-33-27-9-7-25(8-10-27)21-26(22-31)23-32/h7-14,21H,1,3-6,15-20H2,2H3. The number of carbonyl (C=O) groups is 1. The van der Waals surface area contributed by atoms with Gasteiger partial charge in [0.25, 0.3) is 0 Å². The molecule has 38 heavy (non-hydrogen) atoms. The number of unbranched alkanes of at least 4 members (excludes halogenated alkanes) is 3. The average molecular weight is 511 g/mol. The highest BCUT2D eigenvalue weighted by Crippen LogP contribution is 2.24. The molecule has 0 aliphatic carbocycles. The van der Waals surface area contributed by atoms with Gasteiger partial charge in [-0.25, -0.2) is 4.79 Å². The number of hydrogen-bond donors (Lipinski definition) is 0. The second-order valence-electron chi connectivity index (χ2n) is 9.25. The Kier molecular flexibility index (Phi) is 11.2. The van der Waals surface area contributed by atoms with Crippen molar-refractivity contribution < 1.29 is 9.53 Å². The molecular formula is C30H34N6O2. The minimum atomic E-state index is -0.299. The Bertz CT molecular complexity index is 1200. The van der Waals surface area contributed by atoms with Crippen molar-refractivity contribution >= 4 is 29.1 Å². The SMILES string of the molecule is C=C(C)C(=O)OCCCCCCN1CCN(c2ccc(N=Nc3ccc(C=C(C#N)C#N)cc3)cc2)CC1. The first-order chi connectivity index (χ1) is 18.5. The van der Waals surface area contributed by atoms with Crippen molar-refractivity contribution in [1.82, 2.24) is 4.90 Å². The summed E-state index contributed by atoms with van der Waals surface area (Å²) in [5, 5.41) is 26.3. The summed E-state index contributed by atoms with van der Waals surface area (Å²) in [5.74, 6) is -0.299. The van der Waals surface area contributed by atoms with Crippen LogP contribution in [0.1, 0.15) is 38.2 Å². The van der Waals surface area contributed by atoms with Crippen LogP contribution in [0, 0.1) is 22.7 Å². The summed E-state index contributed by atoms with van der Waals surface area (Å²) in [7, 11) is 0. The zero-order chi connectivity index (χ0) is 27.2. The first-order valence-corrected chi connectivity index (χ1v) is 12.9. The molecule has 2 aromatic rings. The molecule has 0 amide bonds. The number of esters is 1. The lowest BCUT2D eigenvalue weighted by molar-refractivity contribution is -0.139. The van der Waals surface area contributed by atoms with Crippen LogP contribution in [0.15, 0.2) is 76.5 Å². The average Bonchev–Trinajstić information content (AvgIpc) is 2.95. The van der Waals surface area contributed by atoms with Crippen LogP contribution < -0.4 is 4.90 Å². The number of ether oxygens (including phenoxy) is 1. The van der Waals surface area contributed by atoms with Gasteiger partial charge in [0.15, 0.2) is 0 Å². The number of nitrogens with zero attached hydrogens (tertiary/aromatic N) is 6. The number of hydrogen-bond acceptors (Lipinski definition) is 8. The molecule has 1 saturated heterocycles. The van der Waals surface area contributed by atoms with Crippen LogP contribution in [0.4, 0.5) is 17.1 Å². The lowest BCUT2D eigenvalue weighted by Crippen LogP contribution is -2.46. The molecule has 0 saturated carbocycles. The van der Waals surface area contributed by atoms with Crippen LogP contribution in [0.25, 0.3) is 6.08 Å². The van der Waals surface area contributed by atoms with Gasteiger partial charge in [0.2, 0.25) is 0 Å². The predicted molar refractivity (Wildman–Crippen MR) is 149 cm³/mol. The van der Waals surface area contributed by atoms with Crippen molar-refractivity contribution in [3.8, 4) is 12.1 Å². The maximum absolute atomic E-state index is 11.4. The Morgan fingerprint density at radius 1 is 0.921 bits per heavy atom. The lowest BCUT2D eigenvalue weighted by Gasteiger charge is -2.36. The molecule has 0 spiro atoms. The quantitative estimate of drug-likeness (QED) is 0.109. The van der Waals surface area contributed by atoms with E-state index in [0.717, 1.165) is 69.7 Å². The van der Waals surface area contributed by atoms with Crippen LogP contribution in [0.2, 0.25) is 0 Å². The highest BCUT2D eigenvalue weighted by atomic mass is 16.5. The molecule has 2 aromatic carbocycles. The first-order valence-electron chi connectivity index (χ1n) is 12.9. The number of benzene rings is 2. The second kappa shape index (κ2) is 15.1. The molecule has 1 heterocycles. The largest absolute Gasteiger partial charge is 0.462 e. The highest BCUT2D eigenvalue weighted by Gasteiger charge is 2.16. The zero-order valence-electron chi connectivity index (χ0n) is 22.0. The molecule has 0 aromatic heterocycles. The molecule has 3 rings (SSSR count). The van der Waals surface area contributed by atoms with Crippen LogP contribution >= 0.6 is 0 Å². The van der Waals surface area contributed by atoms with Crippen molar-refractivity contribution in [3.05, 3.63) is 71.8 Å². The fourth-order valence-corrected chi connectivity index (χ4v) is 4.05. The minimum Gasteiger partial charge on any atom is -0.462 e. The Labute approximate surface area is 225 Å². The van der Waals surface area contributed by atoms with Crippen molar-refractivity contribution in [3.63, 3.8) is 0 Å². The van der Waals surface area contributed by atoms with Crippen molar-refractivity contribution in [2.75, 3.05) is 44.2 Å². The van der Waals surface area contributed by atoms with Gasteiger partial charge in [-0.15, -0.1) is 0 Å². The van der Waals surface area contributed by atoms with Crippen LogP contribution in [0.3, 0.4) is 0 Å². The Balaban J connectivity index is 1.36. The monoisotopic (exact) mass is 510 g/mol. The maximum atomic E-state index is 11.4. The van der Waals surface area contributed by atoms with Gasteiger partial charge in [-0.05, 0) is 74.3 Å². The van der Waals surface area contributed by atoms with E-state index in [4.69, 9.17) is 15.3 Å². The van der Waals surface area contributed by atoms with E-state index in [1.165, 1.54) is 11.8 Å². The highest BCUT2D eigenvalue weighted by molar-refractivity contribution is 5.86. The third kappa shape index (κ3) is 9.31. The van der Waals surface area contributed by atoms with E-state index in [-0.39, 0.29) is 11.5 Å². The number of nitriles is 2. The number of carbonyl (C=O) groups excluding carboxylic acids is 1. The molecule has 0 atom stereocenters. The molecular weight excluding hydrogens is 476 g/mol. The molecule has 0 N–H and O–H groups in total. The van der Waals surface area contributed by atoms with Gasteiger partial charge in [0.1, 0.15) is 17.7 Å². The Hall–Kier alpha value is -4.27. The molecule has 8 heteroatoms. The third-order valence-electron chi connectivity index (χ3n) is 6.26. The summed E-state index contributed by atoms with van der Waals surface area (Å²) in [5.41, 5.74) is 3.95. The van der Waals surface area contributed by atoms with E-state index in [2.05, 4.69) is 38.7 Å². The molecule has 196 valence electrons. The summed E-state index contributed by atoms with van der Waals surface area (Å²) in [6.45, 7) is 10.9. The topological polar surface area (TPSA) is 105 Å². The van der Waals surface area contributed by atoms with Crippen molar-refractivity contribution in [1.29, 1.82) is 10.5 Å². The smallest absolute Gasteiger partial charge is 0.333 e. The first kappa shape index (κ1) is 28.3. The van der Waals surface area contributed by atoms with E-state index in [0.29, 0.717) is 17.9 Å². The Morgan fingerprint density at radius 3 is 2.08 bits per heavy atom. The maximum Gasteiger partial charge on any atom is 0.333 e. The molecule has 1 fully saturated rings. The summed E-state index contributed by atoms with van der Waals surface area (Å²) in [4.78, 5) is 16.3. The van der Waals surface area contributed by atoms with E-state index in [9.17, 15) is 4.79 Å². The normalized spacial score (nSPS) is 13.5. The van der Waals surface area contributed by atoms with E-state index >= 15 is 0 Å². The van der Waals surface area contributed by atoms with Gasteiger partial charge in [-0.3, -0.25) is 4.90 Å². The third-order valence-corrected chi connectivity index (χ3v) is 6.26. The minimum absolute atomic E-state index is 0.0633. The number of piperazine rings is 1. The molecule has 1 aliphatic heterocycles. The van der Waals surface area contributed by atoms with Gasteiger partial charge < -0.3 is 9.64 Å². The molecule has 1 aliphatic rings. The predicted octanol–water partition coefficient (Wildman–Crippen LogP) is 6.33.